The number of fused-ring (bicyclic) bond motifs is 1. The number of nitrogens with zero attached hydrogens (tertiary/aromatic N) is 2. The van der Waals surface area contributed by atoms with E-state index in [2.05, 4.69) is 45.2 Å². The molecule has 0 aromatic heterocycles. The second-order valence-electron chi connectivity index (χ2n) is 15.6. The average molecular weight is 781 g/mol. The summed E-state index contributed by atoms with van der Waals surface area (Å²) < 4.78 is 17.0. The maximum absolute atomic E-state index is 13.7. The van der Waals surface area contributed by atoms with Crippen molar-refractivity contribution >= 4 is 23.8 Å². The minimum absolute atomic E-state index is 0.0599. The predicted octanol–water partition coefficient (Wildman–Crippen LogP) is 3.37. The average Bonchev–Trinajstić information content (AvgIpc) is 3.58. The van der Waals surface area contributed by atoms with Gasteiger partial charge in [-0.05, 0) is 87.8 Å². The van der Waals surface area contributed by atoms with Gasteiger partial charge in [0.2, 0.25) is 17.7 Å². The Morgan fingerprint density at radius 2 is 1.64 bits per heavy atom. The van der Waals surface area contributed by atoms with Gasteiger partial charge >= 0.3 is 6.09 Å². The molecule has 1 saturated carbocycles. The van der Waals surface area contributed by atoms with E-state index in [4.69, 9.17) is 14.2 Å². The summed E-state index contributed by atoms with van der Waals surface area (Å²) in [6, 6.07) is 9.30. The van der Waals surface area contributed by atoms with Crippen LogP contribution in [0.2, 0.25) is 0 Å². The van der Waals surface area contributed by atoms with Gasteiger partial charge < -0.3 is 45.3 Å². The van der Waals surface area contributed by atoms with Crippen molar-refractivity contribution in [2.45, 2.75) is 90.1 Å². The molecule has 1 aromatic rings. The highest BCUT2D eigenvalue weighted by molar-refractivity contribution is 5.89. The van der Waals surface area contributed by atoms with Crippen LogP contribution < -0.4 is 21.3 Å². The highest BCUT2D eigenvalue weighted by Gasteiger charge is 2.49. The molecule has 3 aliphatic rings. The van der Waals surface area contributed by atoms with E-state index in [9.17, 15) is 19.2 Å². The number of carbonyl (C=O) groups excluding carboxylic acids is 4. The summed E-state index contributed by atoms with van der Waals surface area (Å²) in [7, 11) is 1.70. The molecule has 13 nitrogen and oxygen atoms in total. The maximum Gasteiger partial charge on any atom is 0.407 e. The number of alkyl carbamates (subject to hydrolysis) is 1. The monoisotopic (exact) mass is 781 g/mol. The van der Waals surface area contributed by atoms with Crippen molar-refractivity contribution < 1.29 is 33.4 Å². The molecule has 2 fully saturated rings. The molecule has 1 aromatic carbocycles. The highest BCUT2D eigenvalue weighted by Crippen LogP contribution is 2.52. The van der Waals surface area contributed by atoms with E-state index in [1.54, 1.807) is 7.05 Å². The van der Waals surface area contributed by atoms with Gasteiger partial charge in [-0.2, -0.15) is 0 Å². The second-order valence-corrected chi connectivity index (χ2v) is 15.6. The molecule has 1 heterocycles. The number of rotatable bonds is 26. The maximum atomic E-state index is 13.7. The molecular formula is C43H68N6O7. The zero-order valence-electron chi connectivity index (χ0n) is 34.2. The van der Waals surface area contributed by atoms with Crippen LogP contribution in [0.5, 0.6) is 0 Å². The Bertz CT molecular complexity index is 1380. The standard InChI is InChI=1S/C43H68N6O7/c1-33(2)41(47-39(50)29-44-3)42(52)49-24-14-17-35(49)30-48(25-20-34-15-8-6-9-16-34)40(51)32-55-28-27-54-26-23-45-21-12-7-13-22-46-43(53)56-31-38-36-18-10-4-5-11-19-37(36)38/h6,8-9,15-16,33,35-38,41,44-45H,7,10-14,17-32H2,1-3H3,(H,46,53)(H,47,50)/t35-,36?,37?,38?,41-/m0/s1. The zero-order valence-corrected chi connectivity index (χ0v) is 34.2. The molecule has 2 aliphatic carbocycles. The number of hydrogen-bond donors (Lipinski definition) is 4. The fourth-order valence-corrected chi connectivity index (χ4v) is 7.86. The third kappa shape index (κ3) is 16.0. The van der Waals surface area contributed by atoms with E-state index >= 15 is 0 Å². The Hall–Kier alpha value is -3.70. The molecule has 0 radical (unpaired) electrons. The molecule has 4 N–H and O–H groups in total. The highest BCUT2D eigenvalue weighted by atomic mass is 16.5. The van der Waals surface area contributed by atoms with E-state index in [0.717, 1.165) is 76.4 Å². The van der Waals surface area contributed by atoms with Gasteiger partial charge in [0.1, 0.15) is 12.6 Å². The lowest BCUT2D eigenvalue weighted by Gasteiger charge is -2.34. The second kappa shape index (κ2) is 25.5. The molecule has 4 atom stereocenters. The minimum Gasteiger partial charge on any atom is -0.449 e. The lowest BCUT2D eigenvalue weighted by molar-refractivity contribution is -0.141. The third-order valence-electron chi connectivity index (χ3n) is 11.1. The zero-order chi connectivity index (χ0) is 40.0. The molecular weight excluding hydrogens is 713 g/mol. The Morgan fingerprint density at radius 1 is 0.911 bits per heavy atom. The number of carbonyl (C=O) groups is 4. The summed E-state index contributed by atoms with van der Waals surface area (Å²) in [5.74, 6) is 7.81. The lowest BCUT2D eigenvalue weighted by atomic mass is 10.0. The van der Waals surface area contributed by atoms with Crippen LogP contribution in [0.25, 0.3) is 0 Å². The number of likely N-dealkylation sites (N-methyl/N-ethyl adjacent to an activating group) is 1. The molecule has 0 spiro atoms. The molecule has 4 amide bonds. The number of likely N-dealkylation sites (tertiary alicyclic amines) is 1. The largest absolute Gasteiger partial charge is 0.449 e. The van der Waals surface area contributed by atoms with E-state index in [1.165, 1.54) is 0 Å². The topological polar surface area (TPSA) is 151 Å². The fourth-order valence-electron chi connectivity index (χ4n) is 7.86. The molecule has 0 bridgehead atoms. The molecule has 1 aliphatic heterocycles. The normalized spacial score (nSPS) is 20.5. The van der Waals surface area contributed by atoms with E-state index in [1.807, 2.05) is 41.8 Å². The number of benzene rings is 1. The summed E-state index contributed by atoms with van der Waals surface area (Å²) in [4.78, 5) is 55.3. The van der Waals surface area contributed by atoms with Crippen LogP contribution in [0, 0.1) is 35.5 Å². The number of nitrogens with one attached hydrogen (secondary N) is 4. The van der Waals surface area contributed by atoms with Gasteiger partial charge in [0, 0.05) is 51.6 Å². The number of ether oxygens (including phenoxy) is 3. The van der Waals surface area contributed by atoms with E-state index < -0.39 is 6.04 Å². The first-order valence-corrected chi connectivity index (χ1v) is 21.1. The molecule has 4 rings (SSSR count). The van der Waals surface area contributed by atoms with Crippen LogP contribution in [0.4, 0.5) is 4.79 Å². The van der Waals surface area contributed by atoms with Gasteiger partial charge in [-0.25, -0.2) is 4.79 Å². The first kappa shape index (κ1) is 45.0. The van der Waals surface area contributed by atoms with Crippen LogP contribution >= 0.6 is 0 Å². The van der Waals surface area contributed by atoms with Gasteiger partial charge in [-0.1, -0.05) is 50.6 Å². The van der Waals surface area contributed by atoms with Crippen molar-refractivity contribution in [3.63, 3.8) is 0 Å². The quantitative estimate of drug-likeness (QED) is 0.0821. The van der Waals surface area contributed by atoms with Gasteiger partial charge in [0.15, 0.2) is 0 Å². The number of amides is 4. The Kier molecular flexibility index (Phi) is 20.5. The third-order valence-corrected chi connectivity index (χ3v) is 11.1. The van der Waals surface area contributed by atoms with E-state index in [0.29, 0.717) is 76.8 Å². The van der Waals surface area contributed by atoms with Crippen molar-refractivity contribution in [2.75, 3.05) is 85.9 Å². The minimum atomic E-state index is -0.623. The van der Waals surface area contributed by atoms with Crippen molar-refractivity contribution in [1.29, 1.82) is 0 Å². The SMILES string of the molecule is CNCC(=O)N[C@H](C(=O)N1CCC[C@H]1CN(CCc1ccccc1)C(=O)COCCOCCNCCCCCNC(=O)OCC1C2CCC#CCCC21)C(C)C. The summed E-state index contributed by atoms with van der Waals surface area (Å²) in [5, 5.41) is 12.0. The van der Waals surface area contributed by atoms with Gasteiger partial charge in [-0.15, -0.1) is 11.8 Å². The molecule has 2 unspecified atom stereocenters. The van der Waals surface area contributed by atoms with Crippen molar-refractivity contribution in [3.8, 4) is 11.8 Å². The van der Waals surface area contributed by atoms with E-state index in [-0.39, 0.29) is 48.9 Å². The van der Waals surface area contributed by atoms with Crippen molar-refractivity contribution in [1.82, 2.24) is 31.1 Å². The fraction of sp³-hybridized carbons (Fsp3) is 0.721. The summed E-state index contributed by atoms with van der Waals surface area (Å²) in [5.41, 5.74) is 1.14. The van der Waals surface area contributed by atoms with Crippen LogP contribution in [0.3, 0.4) is 0 Å². The smallest absolute Gasteiger partial charge is 0.407 e. The molecule has 56 heavy (non-hydrogen) atoms. The van der Waals surface area contributed by atoms with Crippen LogP contribution in [-0.2, 0) is 35.0 Å². The number of hydrogen-bond acceptors (Lipinski definition) is 9. The van der Waals surface area contributed by atoms with Gasteiger partial charge in [0.25, 0.3) is 0 Å². The lowest BCUT2D eigenvalue weighted by Crippen LogP contribution is -2.55. The summed E-state index contributed by atoms with van der Waals surface area (Å²) in [6.45, 7) is 9.46. The Morgan fingerprint density at radius 3 is 2.38 bits per heavy atom. The first-order chi connectivity index (χ1) is 27.3. The Labute approximate surface area is 335 Å². The first-order valence-electron chi connectivity index (χ1n) is 21.1. The predicted molar refractivity (Wildman–Crippen MR) is 217 cm³/mol. The van der Waals surface area contributed by atoms with Crippen LogP contribution in [-0.4, -0.2) is 132 Å². The molecule has 312 valence electrons. The van der Waals surface area contributed by atoms with Crippen LogP contribution in [0.1, 0.15) is 77.2 Å². The molecule has 1 saturated heterocycles. The summed E-state index contributed by atoms with van der Waals surface area (Å²) >= 11 is 0. The van der Waals surface area contributed by atoms with Gasteiger partial charge in [0.05, 0.1) is 33.0 Å². The van der Waals surface area contributed by atoms with Crippen LogP contribution in [0.15, 0.2) is 30.3 Å². The molecule has 13 heteroatoms. The van der Waals surface area contributed by atoms with Crippen molar-refractivity contribution in [2.24, 2.45) is 23.7 Å². The Balaban J connectivity index is 1.05. The number of unbranched alkanes of at least 4 members (excludes halogenated alkanes) is 2. The van der Waals surface area contributed by atoms with Crippen molar-refractivity contribution in [3.05, 3.63) is 35.9 Å². The van der Waals surface area contributed by atoms with Gasteiger partial charge in [-0.3, -0.25) is 14.4 Å². The summed E-state index contributed by atoms with van der Waals surface area (Å²) in [6.07, 6.45) is 9.16.